The summed E-state index contributed by atoms with van der Waals surface area (Å²) in [6, 6.07) is 33.3. The minimum atomic E-state index is -0.175. The number of halogens is 3. The molecule has 0 aliphatic carbocycles. The maximum atomic E-state index is 13.4. The molecule has 0 atom stereocenters. The summed E-state index contributed by atoms with van der Waals surface area (Å²) in [5, 5.41) is 6.25. The van der Waals surface area contributed by atoms with E-state index in [2.05, 4.69) is 43.0 Å². The molecule has 3 N–H and O–H groups in total. The Morgan fingerprint density at radius 2 is 1.10 bits per heavy atom. The van der Waals surface area contributed by atoms with E-state index in [4.69, 9.17) is 0 Å². The van der Waals surface area contributed by atoms with Gasteiger partial charge in [0, 0.05) is 59.9 Å². The molecule has 11 heteroatoms. The number of nitrogens with zero attached hydrogens (tertiary/aromatic N) is 3. The molecule has 2 fully saturated rings. The summed E-state index contributed by atoms with van der Waals surface area (Å²) in [5.74, 6) is 0.975. The fraction of sp³-hybridized carbons (Fsp3) is 0.400. The second-order valence-electron chi connectivity index (χ2n) is 15.5. The van der Waals surface area contributed by atoms with Crippen LogP contribution in [0.15, 0.2) is 109 Å². The minimum Gasteiger partial charge on any atom is -0.351 e. The first-order valence-corrected chi connectivity index (χ1v) is 22.1. The van der Waals surface area contributed by atoms with Crippen LogP contribution in [-0.4, -0.2) is 88.8 Å². The van der Waals surface area contributed by atoms with Crippen LogP contribution in [0.25, 0.3) is 21.8 Å². The standard InChI is InChI=1S/C24H28FN3O.C17H23N3O.C7H6BrF.2CH4/c1-2-28(24(29)23-15-20-7-3-4-9-22(20)26-23)17-18-10-12-27(13-11-18)16-19-6-5-8-21(25)14-19;1-2-20(12-13-7-9-18-10-8-13)17(21)16-11-14-5-3-4-6-15(14)19-16;8-5-6-2-1-3-7(9)4-6;;/h3-9,14-15,18,26H,2,10-13,16-17H2,1H3;3-6,11,13,18-19H,2,7-10,12H2,1H3;1-4H,5H2;2*1H4. The average Bonchev–Trinajstić information content (AvgIpc) is 3.91. The van der Waals surface area contributed by atoms with E-state index >= 15 is 0 Å². The van der Waals surface area contributed by atoms with E-state index in [0.29, 0.717) is 35.1 Å². The van der Waals surface area contributed by atoms with E-state index in [-0.39, 0.29) is 38.3 Å². The normalized spacial score (nSPS) is 14.4. The molecule has 61 heavy (non-hydrogen) atoms. The number of benzene rings is 4. The number of piperidine rings is 2. The molecule has 4 aromatic carbocycles. The number of alkyl halides is 1. The van der Waals surface area contributed by atoms with Gasteiger partial charge in [0.15, 0.2) is 0 Å². The molecule has 0 saturated carbocycles. The van der Waals surface area contributed by atoms with E-state index < -0.39 is 0 Å². The van der Waals surface area contributed by atoms with Gasteiger partial charge in [-0.05, 0) is 137 Å². The van der Waals surface area contributed by atoms with Gasteiger partial charge in [0.2, 0.25) is 0 Å². The third-order valence-electron chi connectivity index (χ3n) is 11.3. The molecule has 0 radical (unpaired) electrons. The Labute approximate surface area is 370 Å². The number of carbonyl (C=O) groups is 2. The van der Waals surface area contributed by atoms with Crippen molar-refractivity contribution in [1.82, 2.24) is 30.0 Å². The maximum absolute atomic E-state index is 13.4. The molecule has 0 unspecified atom stereocenters. The fourth-order valence-electron chi connectivity index (χ4n) is 7.96. The lowest BCUT2D eigenvalue weighted by atomic mass is 9.95. The largest absolute Gasteiger partial charge is 0.351 e. The summed E-state index contributed by atoms with van der Waals surface area (Å²) in [6.07, 6.45) is 4.45. The highest BCUT2D eigenvalue weighted by Crippen LogP contribution is 2.23. The zero-order valence-electron chi connectivity index (χ0n) is 34.2. The third-order valence-corrected chi connectivity index (χ3v) is 12.0. The van der Waals surface area contributed by atoms with Gasteiger partial charge >= 0.3 is 0 Å². The van der Waals surface area contributed by atoms with Crippen LogP contribution in [0.3, 0.4) is 0 Å². The van der Waals surface area contributed by atoms with Gasteiger partial charge in [-0.2, -0.15) is 0 Å². The van der Waals surface area contributed by atoms with Crippen LogP contribution in [0.2, 0.25) is 0 Å². The van der Waals surface area contributed by atoms with E-state index in [0.717, 1.165) is 111 Å². The van der Waals surface area contributed by atoms with E-state index in [1.807, 2.05) is 89.5 Å². The number of likely N-dealkylation sites (tertiary alicyclic amines) is 1. The monoisotopic (exact) mass is 898 g/mol. The van der Waals surface area contributed by atoms with E-state index in [9.17, 15) is 18.4 Å². The average molecular weight is 900 g/mol. The molecule has 6 aromatic rings. The highest BCUT2D eigenvalue weighted by molar-refractivity contribution is 9.08. The molecular weight excluding hydrogens is 834 g/mol. The summed E-state index contributed by atoms with van der Waals surface area (Å²) in [6.45, 7) is 12.1. The quantitative estimate of drug-likeness (QED) is 0.113. The highest BCUT2D eigenvalue weighted by Gasteiger charge is 2.25. The molecule has 0 bridgehead atoms. The van der Waals surface area contributed by atoms with Crippen LogP contribution in [-0.2, 0) is 11.9 Å². The molecule has 4 heterocycles. The maximum Gasteiger partial charge on any atom is 0.270 e. The predicted octanol–water partition coefficient (Wildman–Crippen LogP) is 11.3. The van der Waals surface area contributed by atoms with Crippen molar-refractivity contribution in [1.29, 1.82) is 0 Å². The lowest BCUT2D eigenvalue weighted by molar-refractivity contribution is 0.0692. The smallest absolute Gasteiger partial charge is 0.270 e. The number of nitrogens with one attached hydrogen (secondary N) is 3. The van der Waals surface area contributed by atoms with Crippen molar-refractivity contribution in [3.8, 4) is 0 Å². The first kappa shape index (κ1) is 48.8. The molecule has 2 saturated heterocycles. The van der Waals surface area contributed by atoms with Crippen molar-refractivity contribution in [2.75, 3.05) is 52.4 Å². The molecule has 8 nitrogen and oxygen atoms in total. The number of aromatic amines is 2. The van der Waals surface area contributed by atoms with Gasteiger partial charge < -0.3 is 25.1 Å². The predicted molar refractivity (Wildman–Crippen MR) is 252 cm³/mol. The lowest BCUT2D eigenvalue weighted by Crippen LogP contribution is -2.40. The Morgan fingerprint density at radius 3 is 1.54 bits per heavy atom. The van der Waals surface area contributed by atoms with Crippen molar-refractivity contribution >= 4 is 49.6 Å². The van der Waals surface area contributed by atoms with Crippen LogP contribution in [0, 0.1) is 23.5 Å². The zero-order valence-corrected chi connectivity index (χ0v) is 35.8. The van der Waals surface area contributed by atoms with E-state index in [1.165, 1.54) is 18.2 Å². The summed E-state index contributed by atoms with van der Waals surface area (Å²) in [4.78, 5) is 38.5. The SMILES string of the molecule is C.C.CCN(CC1CCN(Cc2cccc(F)c2)CC1)C(=O)c1cc2ccccc2[nH]1.CCN(CC1CCNCC1)C(=O)c1cc2ccccc2[nH]1.Fc1cccc(CBr)c1. The summed E-state index contributed by atoms with van der Waals surface area (Å²) >= 11 is 3.22. The topological polar surface area (TPSA) is 87.5 Å². The van der Waals surface area contributed by atoms with Crippen LogP contribution in [0.4, 0.5) is 8.78 Å². The van der Waals surface area contributed by atoms with Gasteiger partial charge in [-0.25, -0.2) is 8.78 Å². The van der Waals surface area contributed by atoms with Gasteiger partial charge in [-0.3, -0.25) is 14.5 Å². The highest BCUT2D eigenvalue weighted by atomic mass is 79.9. The molecule has 2 aliphatic heterocycles. The number of amides is 2. The van der Waals surface area contributed by atoms with Crippen LogP contribution in [0.5, 0.6) is 0 Å². The Bertz CT molecular complexity index is 2180. The third kappa shape index (κ3) is 14.1. The summed E-state index contributed by atoms with van der Waals surface area (Å²) in [5.41, 5.74) is 5.38. The molecule has 0 spiro atoms. The molecule has 8 rings (SSSR count). The number of hydrogen-bond donors (Lipinski definition) is 3. The number of rotatable bonds is 11. The Kier molecular flexibility index (Phi) is 19.7. The number of H-pyrrole nitrogens is 2. The van der Waals surface area contributed by atoms with E-state index in [1.54, 1.807) is 18.2 Å². The van der Waals surface area contributed by atoms with Gasteiger partial charge in [0.05, 0.1) is 0 Å². The Balaban J connectivity index is 0.000000224. The Hall–Kier alpha value is -4.84. The fourth-order valence-corrected chi connectivity index (χ4v) is 8.31. The van der Waals surface area contributed by atoms with Crippen molar-refractivity contribution in [3.63, 3.8) is 0 Å². The molecular formula is C50H65BrF2N6O2. The first-order chi connectivity index (χ1) is 28.7. The van der Waals surface area contributed by atoms with Gasteiger partial charge in [0.1, 0.15) is 23.0 Å². The first-order valence-electron chi connectivity index (χ1n) is 20.9. The van der Waals surface area contributed by atoms with Gasteiger partial charge in [-0.15, -0.1) is 0 Å². The number of fused-ring (bicyclic) bond motifs is 2. The lowest BCUT2D eigenvalue weighted by Gasteiger charge is -2.34. The zero-order chi connectivity index (χ0) is 41.6. The second-order valence-corrected chi connectivity index (χ2v) is 16.1. The molecule has 2 aliphatic rings. The molecule has 2 amide bonds. The Morgan fingerprint density at radius 1 is 0.639 bits per heavy atom. The summed E-state index contributed by atoms with van der Waals surface area (Å²) in [7, 11) is 0. The van der Waals surface area contributed by atoms with Crippen molar-refractivity contribution in [2.24, 2.45) is 11.8 Å². The van der Waals surface area contributed by atoms with Crippen LogP contribution in [0.1, 0.15) is 86.5 Å². The van der Waals surface area contributed by atoms with Gasteiger partial charge in [-0.1, -0.05) is 91.4 Å². The minimum absolute atomic E-state index is 0. The van der Waals surface area contributed by atoms with Gasteiger partial charge in [0.25, 0.3) is 11.8 Å². The van der Waals surface area contributed by atoms with Crippen LogP contribution >= 0.6 is 15.9 Å². The molecule has 328 valence electrons. The van der Waals surface area contributed by atoms with Crippen molar-refractivity contribution in [3.05, 3.63) is 143 Å². The number of hydrogen-bond acceptors (Lipinski definition) is 4. The number of carbonyl (C=O) groups excluding carboxylic acids is 2. The van der Waals surface area contributed by atoms with Crippen molar-refractivity contribution < 1.29 is 18.4 Å². The molecule has 2 aromatic heterocycles. The number of aromatic nitrogens is 2. The van der Waals surface area contributed by atoms with Crippen molar-refractivity contribution in [2.45, 2.75) is 66.3 Å². The number of para-hydroxylation sites is 2. The summed E-state index contributed by atoms with van der Waals surface area (Å²) < 4.78 is 25.7. The van der Waals surface area contributed by atoms with Crippen LogP contribution < -0.4 is 5.32 Å². The second kappa shape index (κ2) is 24.6.